The van der Waals surface area contributed by atoms with Crippen molar-refractivity contribution in [1.29, 1.82) is 0 Å². The van der Waals surface area contributed by atoms with Crippen LogP contribution in [-0.4, -0.2) is 30.8 Å². The van der Waals surface area contributed by atoms with Gasteiger partial charge in [-0.05, 0) is 54.8 Å². The zero-order chi connectivity index (χ0) is 15.9. The minimum absolute atomic E-state index is 0.385. The first kappa shape index (κ1) is 15.0. The van der Waals surface area contributed by atoms with Crippen LogP contribution < -0.4 is 9.64 Å². The molecule has 0 aromatic heterocycles. The van der Waals surface area contributed by atoms with Crippen LogP contribution in [-0.2, 0) is 6.54 Å². The first-order chi connectivity index (χ1) is 11.2. The Morgan fingerprint density at radius 2 is 1.91 bits per heavy atom. The number of ether oxygens (including phenoxy) is 1. The maximum Gasteiger partial charge on any atom is 0.119 e. The largest absolute Gasteiger partial charge is 0.497 e. The molecule has 1 aliphatic heterocycles. The van der Waals surface area contributed by atoms with Crippen molar-refractivity contribution in [2.24, 2.45) is 0 Å². The van der Waals surface area contributed by atoms with Gasteiger partial charge in [-0.15, -0.1) is 0 Å². The first-order valence-corrected chi connectivity index (χ1v) is 8.86. The predicted octanol–water partition coefficient (Wildman–Crippen LogP) is 4.27. The van der Waals surface area contributed by atoms with Gasteiger partial charge in [0.15, 0.2) is 0 Å². The smallest absolute Gasteiger partial charge is 0.119 e. The summed E-state index contributed by atoms with van der Waals surface area (Å²) in [6.45, 7) is 3.13. The molecule has 2 fully saturated rings. The van der Waals surface area contributed by atoms with Gasteiger partial charge in [-0.1, -0.05) is 28.1 Å². The molecular weight excluding hydrogens is 352 g/mol. The summed E-state index contributed by atoms with van der Waals surface area (Å²) in [7, 11) is 1.73. The van der Waals surface area contributed by atoms with E-state index in [1.54, 1.807) is 7.11 Å². The van der Waals surface area contributed by atoms with Crippen LogP contribution in [0.2, 0.25) is 0 Å². The van der Waals surface area contributed by atoms with Crippen LogP contribution in [0.4, 0.5) is 5.69 Å². The van der Waals surface area contributed by atoms with Gasteiger partial charge in [0.1, 0.15) is 5.75 Å². The molecule has 4 rings (SSSR count). The molecule has 3 nitrogen and oxygen atoms in total. The maximum absolute atomic E-state index is 5.36. The SMILES string of the molecule is COc1cccc(CN2CN(c3ccc(Br)cc3)CC23CC3)c1. The van der Waals surface area contributed by atoms with E-state index in [9.17, 15) is 0 Å². The summed E-state index contributed by atoms with van der Waals surface area (Å²) in [5.41, 5.74) is 3.02. The summed E-state index contributed by atoms with van der Waals surface area (Å²) in [4.78, 5) is 5.13. The van der Waals surface area contributed by atoms with Crippen molar-refractivity contribution >= 4 is 21.6 Å². The van der Waals surface area contributed by atoms with Crippen LogP contribution in [0.25, 0.3) is 0 Å². The van der Waals surface area contributed by atoms with E-state index < -0.39 is 0 Å². The summed E-state index contributed by atoms with van der Waals surface area (Å²) in [6.07, 6.45) is 2.62. The van der Waals surface area contributed by atoms with Crippen LogP contribution in [0.1, 0.15) is 18.4 Å². The molecule has 4 heteroatoms. The molecule has 1 heterocycles. The number of benzene rings is 2. The Morgan fingerprint density at radius 1 is 1.13 bits per heavy atom. The molecule has 0 radical (unpaired) electrons. The highest BCUT2D eigenvalue weighted by molar-refractivity contribution is 9.10. The molecule has 2 aromatic rings. The molecule has 120 valence electrons. The Bertz CT molecular complexity index is 697. The molecular formula is C19H21BrN2O. The molecule has 0 bridgehead atoms. The molecule has 1 saturated heterocycles. The van der Waals surface area contributed by atoms with Crippen molar-refractivity contribution in [3.8, 4) is 5.75 Å². The van der Waals surface area contributed by atoms with Crippen molar-refractivity contribution in [3.05, 3.63) is 58.6 Å². The normalized spacial score (nSPS) is 19.3. The Balaban J connectivity index is 1.52. The van der Waals surface area contributed by atoms with E-state index in [0.717, 1.165) is 30.0 Å². The summed E-state index contributed by atoms with van der Waals surface area (Å²) >= 11 is 3.52. The minimum atomic E-state index is 0.385. The molecule has 23 heavy (non-hydrogen) atoms. The van der Waals surface area contributed by atoms with Crippen LogP contribution in [0.15, 0.2) is 53.0 Å². The van der Waals surface area contributed by atoms with Crippen LogP contribution in [0.3, 0.4) is 0 Å². The second-order valence-corrected chi connectivity index (χ2v) is 7.51. The molecule has 0 N–H and O–H groups in total. The topological polar surface area (TPSA) is 15.7 Å². The summed E-state index contributed by atoms with van der Waals surface area (Å²) < 4.78 is 6.49. The van der Waals surface area contributed by atoms with Gasteiger partial charge >= 0.3 is 0 Å². The van der Waals surface area contributed by atoms with E-state index in [1.807, 2.05) is 6.07 Å². The van der Waals surface area contributed by atoms with E-state index >= 15 is 0 Å². The predicted molar refractivity (Wildman–Crippen MR) is 96.9 cm³/mol. The van der Waals surface area contributed by atoms with Gasteiger partial charge in [-0.3, -0.25) is 4.90 Å². The number of hydrogen-bond donors (Lipinski definition) is 0. The lowest BCUT2D eigenvalue weighted by Crippen LogP contribution is -2.32. The average molecular weight is 373 g/mol. The van der Waals surface area contributed by atoms with Gasteiger partial charge in [0.25, 0.3) is 0 Å². The van der Waals surface area contributed by atoms with Crippen molar-refractivity contribution in [2.45, 2.75) is 24.9 Å². The summed E-state index contributed by atoms with van der Waals surface area (Å²) in [5.74, 6) is 0.941. The lowest BCUT2D eigenvalue weighted by atomic mass is 10.1. The Kier molecular flexibility index (Phi) is 3.82. The van der Waals surface area contributed by atoms with E-state index in [2.05, 4.69) is 68.2 Å². The minimum Gasteiger partial charge on any atom is -0.497 e. The van der Waals surface area contributed by atoms with Crippen molar-refractivity contribution in [3.63, 3.8) is 0 Å². The fourth-order valence-corrected chi connectivity index (χ4v) is 3.78. The number of nitrogens with zero attached hydrogens (tertiary/aromatic N) is 2. The van der Waals surface area contributed by atoms with Crippen molar-refractivity contribution in [2.75, 3.05) is 25.2 Å². The molecule has 0 amide bonds. The van der Waals surface area contributed by atoms with Gasteiger partial charge in [-0.25, -0.2) is 0 Å². The molecule has 2 aliphatic rings. The maximum atomic E-state index is 5.36. The number of halogens is 1. The van der Waals surface area contributed by atoms with E-state index in [-0.39, 0.29) is 0 Å². The van der Waals surface area contributed by atoms with Crippen molar-refractivity contribution < 1.29 is 4.74 Å². The molecule has 0 unspecified atom stereocenters. The number of methoxy groups -OCH3 is 1. The second-order valence-electron chi connectivity index (χ2n) is 6.59. The van der Waals surface area contributed by atoms with Crippen LogP contribution in [0, 0.1) is 0 Å². The Labute approximate surface area is 146 Å². The van der Waals surface area contributed by atoms with E-state index in [1.165, 1.54) is 24.1 Å². The highest BCUT2D eigenvalue weighted by atomic mass is 79.9. The third-order valence-corrected chi connectivity index (χ3v) is 5.55. The fraction of sp³-hybridized carbons (Fsp3) is 0.368. The number of hydrogen-bond acceptors (Lipinski definition) is 3. The third-order valence-electron chi connectivity index (χ3n) is 5.02. The van der Waals surface area contributed by atoms with Gasteiger partial charge in [-0.2, -0.15) is 0 Å². The highest BCUT2D eigenvalue weighted by Gasteiger charge is 2.53. The zero-order valence-corrected chi connectivity index (χ0v) is 14.9. The summed E-state index contributed by atoms with van der Waals surface area (Å²) in [5, 5.41) is 0. The van der Waals surface area contributed by atoms with E-state index in [0.29, 0.717) is 5.54 Å². The highest BCUT2D eigenvalue weighted by Crippen LogP contribution is 2.47. The lowest BCUT2D eigenvalue weighted by Gasteiger charge is -2.22. The zero-order valence-electron chi connectivity index (χ0n) is 13.3. The number of anilines is 1. The second kappa shape index (κ2) is 5.84. The van der Waals surface area contributed by atoms with E-state index in [4.69, 9.17) is 4.74 Å². The van der Waals surface area contributed by atoms with Gasteiger partial charge < -0.3 is 9.64 Å². The van der Waals surface area contributed by atoms with Gasteiger partial charge in [0.05, 0.1) is 13.8 Å². The summed E-state index contributed by atoms with van der Waals surface area (Å²) in [6, 6.07) is 17.1. The average Bonchev–Trinajstić information content (AvgIpc) is 3.26. The molecule has 0 atom stereocenters. The Morgan fingerprint density at radius 3 is 2.61 bits per heavy atom. The lowest BCUT2D eigenvalue weighted by molar-refractivity contribution is 0.233. The molecule has 2 aromatic carbocycles. The molecule has 1 saturated carbocycles. The third kappa shape index (κ3) is 2.98. The van der Waals surface area contributed by atoms with Crippen molar-refractivity contribution in [1.82, 2.24) is 4.90 Å². The van der Waals surface area contributed by atoms with Gasteiger partial charge in [0, 0.05) is 28.8 Å². The van der Waals surface area contributed by atoms with Gasteiger partial charge in [0.2, 0.25) is 0 Å². The van der Waals surface area contributed by atoms with Crippen LogP contribution in [0.5, 0.6) is 5.75 Å². The quantitative estimate of drug-likeness (QED) is 0.796. The first-order valence-electron chi connectivity index (χ1n) is 8.07. The monoisotopic (exact) mass is 372 g/mol. The van der Waals surface area contributed by atoms with Crippen LogP contribution >= 0.6 is 15.9 Å². The standard InChI is InChI=1S/C19H21BrN2O/c1-23-18-4-2-3-15(11-18)12-22-14-21(13-19(22)9-10-19)17-7-5-16(20)6-8-17/h2-8,11H,9-10,12-14H2,1H3. The Hall–Kier alpha value is -1.52. The number of rotatable bonds is 4. The molecule has 1 spiro atoms. The fourth-order valence-electron chi connectivity index (χ4n) is 3.51. The molecule has 1 aliphatic carbocycles.